The summed E-state index contributed by atoms with van der Waals surface area (Å²) in [7, 11) is 0. The minimum atomic E-state index is -0.291. The number of rotatable bonds is 3. The van der Waals surface area contributed by atoms with E-state index in [1.165, 1.54) is 6.08 Å². The normalized spacial score (nSPS) is 10.0. The van der Waals surface area contributed by atoms with Gasteiger partial charge in [0.25, 0.3) is 0 Å². The van der Waals surface area contributed by atoms with Crippen LogP contribution in [0, 0.1) is 0 Å². The minimum Gasteiger partial charge on any atom is -0.463 e. The summed E-state index contributed by atoms with van der Waals surface area (Å²) in [6.07, 6.45) is 6.66. The Kier molecular flexibility index (Phi) is 11.5. The molecule has 0 aromatic carbocycles. The van der Waals surface area contributed by atoms with Crippen molar-refractivity contribution >= 4 is 5.97 Å². The molecule has 0 bridgehead atoms. The Bertz CT molecular complexity index is 150. The van der Waals surface area contributed by atoms with Crippen LogP contribution in [-0.4, -0.2) is 12.6 Å². The summed E-state index contributed by atoms with van der Waals surface area (Å²) >= 11 is 0. The first-order valence-electron chi connectivity index (χ1n) is 3.27. The van der Waals surface area contributed by atoms with Crippen LogP contribution < -0.4 is 0 Å². The van der Waals surface area contributed by atoms with Gasteiger partial charge in [0.2, 0.25) is 0 Å². The fourth-order valence-corrected chi connectivity index (χ4v) is 0.436. The van der Waals surface area contributed by atoms with Crippen molar-refractivity contribution in [3.05, 3.63) is 24.3 Å². The van der Waals surface area contributed by atoms with E-state index in [0.29, 0.717) is 6.61 Å². The molecule has 0 rings (SSSR count). The molecule has 0 fully saturated rings. The van der Waals surface area contributed by atoms with Gasteiger partial charge >= 0.3 is 5.97 Å². The molecule has 0 amide bonds. The summed E-state index contributed by atoms with van der Waals surface area (Å²) in [4.78, 5) is 10.6. The van der Waals surface area contributed by atoms with E-state index >= 15 is 0 Å². The van der Waals surface area contributed by atoms with Crippen molar-refractivity contribution in [1.29, 1.82) is 0 Å². The number of esters is 1. The van der Waals surface area contributed by atoms with Crippen LogP contribution in [0.5, 0.6) is 0 Å². The molecule has 3 heteroatoms. The molecule has 0 radical (unpaired) electrons. The first-order chi connectivity index (χ1) is 4.81. The fraction of sp³-hybridized carbons (Fsp3) is 0.375. The van der Waals surface area contributed by atoms with E-state index in [4.69, 9.17) is 0 Å². The first-order valence-corrected chi connectivity index (χ1v) is 3.27. The zero-order chi connectivity index (χ0) is 7.82. The Morgan fingerprint density at radius 3 is 2.55 bits per heavy atom. The Balaban J connectivity index is 0. The maximum absolute atomic E-state index is 10.6. The predicted molar refractivity (Wildman–Crippen MR) is 40.6 cm³/mol. The van der Waals surface area contributed by atoms with Crippen molar-refractivity contribution in [2.45, 2.75) is 13.8 Å². The van der Waals surface area contributed by atoms with Crippen molar-refractivity contribution in [3.8, 4) is 0 Å². The van der Waals surface area contributed by atoms with Crippen LogP contribution in [0.3, 0.4) is 0 Å². The third-order valence-electron chi connectivity index (χ3n) is 0.822. The fourth-order valence-electron chi connectivity index (χ4n) is 0.436. The van der Waals surface area contributed by atoms with Gasteiger partial charge in [-0.15, -0.1) is 0 Å². The quantitative estimate of drug-likeness (QED) is 0.325. The molecule has 64 valence electrons. The second kappa shape index (κ2) is 9.57. The van der Waals surface area contributed by atoms with Gasteiger partial charge in [-0.1, -0.05) is 18.2 Å². The Labute approximate surface area is 80.1 Å². The summed E-state index contributed by atoms with van der Waals surface area (Å²) in [5, 5.41) is 0. The third kappa shape index (κ3) is 9.57. The molecule has 0 N–H and O–H groups in total. The summed E-state index contributed by atoms with van der Waals surface area (Å²) in [6, 6.07) is 0. The molecule has 0 unspecified atom stereocenters. The van der Waals surface area contributed by atoms with Gasteiger partial charge < -0.3 is 4.74 Å². The smallest absolute Gasteiger partial charge is 0.330 e. The van der Waals surface area contributed by atoms with Crippen molar-refractivity contribution < 1.29 is 29.0 Å². The Morgan fingerprint density at radius 1 is 1.45 bits per heavy atom. The van der Waals surface area contributed by atoms with Gasteiger partial charge in [0.1, 0.15) is 0 Å². The van der Waals surface area contributed by atoms with Crippen LogP contribution in [0.15, 0.2) is 24.3 Å². The van der Waals surface area contributed by atoms with Crippen LogP contribution >= 0.6 is 0 Å². The third-order valence-corrected chi connectivity index (χ3v) is 0.822. The summed E-state index contributed by atoms with van der Waals surface area (Å²) in [5.41, 5.74) is 0. The molecule has 0 saturated heterocycles. The van der Waals surface area contributed by atoms with Crippen LogP contribution in [0.4, 0.5) is 0 Å². The molecule has 0 aromatic heterocycles. The van der Waals surface area contributed by atoms with Gasteiger partial charge in [0.05, 0.1) is 6.61 Å². The first kappa shape index (κ1) is 13.2. The summed E-state index contributed by atoms with van der Waals surface area (Å²) < 4.78 is 4.63. The number of allylic oxidation sites excluding steroid dienone is 3. The van der Waals surface area contributed by atoms with E-state index in [0.717, 1.165) is 0 Å². The molecule has 0 spiro atoms. The van der Waals surface area contributed by atoms with E-state index in [1.54, 1.807) is 19.1 Å². The predicted octanol–water partition coefficient (Wildman–Crippen LogP) is 1.68. The molecule has 0 saturated carbocycles. The van der Waals surface area contributed by atoms with Crippen LogP contribution in [-0.2, 0) is 29.0 Å². The van der Waals surface area contributed by atoms with E-state index in [9.17, 15) is 4.79 Å². The minimum absolute atomic E-state index is 0. The van der Waals surface area contributed by atoms with Gasteiger partial charge in [0.15, 0.2) is 0 Å². The SMILES string of the molecule is CC=CC=CC(=O)OCC.[Ru]. The van der Waals surface area contributed by atoms with E-state index < -0.39 is 0 Å². The topological polar surface area (TPSA) is 26.3 Å². The molecule has 0 heterocycles. The van der Waals surface area contributed by atoms with Gasteiger partial charge in [-0.3, -0.25) is 0 Å². The summed E-state index contributed by atoms with van der Waals surface area (Å²) in [6.45, 7) is 4.09. The molecule has 2 nitrogen and oxygen atoms in total. The molecule has 0 atom stereocenters. The van der Waals surface area contributed by atoms with Gasteiger partial charge in [-0.2, -0.15) is 0 Å². The number of carbonyl (C=O) groups is 1. The van der Waals surface area contributed by atoms with E-state index in [2.05, 4.69) is 4.74 Å². The molecule has 0 aliphatic rings. The van der Waals surface area contributed by atoms with Crippen molar-refractivity contribution in [2.24, 2.45) is 0 Å². The van der Waals surface area contributed by atoms with Crippen molar-refractivity contribution in [2.75, 3.05) is 6.61 Å². The number of hydrogen-bond donors (Lipinski definition) is 0. The Hall–Kier alpha value is -0.427. The monoisotopic (exact) mass is 242 g/mol. The average Bonchev–Trinajstić information content (AvgIpc) is 1.89. The van der Waals surface area contributed by atoms with Crippen molar-refractivity contribution in [3.63, 3.8) is 0 Å². The molecular weight excluding hydrogens is 229 g/mol. The van der Waals surface area contributed by atoms with E-state index in [1.807, 2.05) is 13.0 Å². The second-order valence-corrected chi connectivity index (χ2v) is 1.64. The largest absolute Gasteiger partial charge is 0.463 e. The van der Waals surface area contributed by atoms with Crippen molar-refractivity contribution in [1.82, 2.24) is 0 Å². The zero-order valence-corrected chi connectivity index (χ0v) is 8.42. The van der Waals surface area contributed by atoms with Gasteiger partial charge in [0, 0.05) is 25.6 Å². The molecule has 11 heavy (non-hydrogen) atoms. The van der Waals surface area contributed by atoms with Crippen LogP contribution in [0.1, 0.15) is 13.8 Å². The average molecular weight is 241 g/mol. The van der Waals surface area contributed by atoms with Gasteiger partial charge in [-0.25, -0.2) is 4.79 Å². The summed E-state index contributed by atoms with van der Waals surface area (Å²) in [5.74, 6) is -0.291. The number of ether oxygens (including phenoxy) is 1. The maximum Gasteiger partial charge on any atom is 0.330 e. The van der Waals surface area contributed by atoms with E-state index in [-0.39, 0.29) is 25.4 Å². The maximum atomic E-state index is 10.6. The van der Waals surface area contributed by atoms with Gasteiger partial charge in [-0.05, 0) is 13.8 Å². The molecule has 0 aliphatic heterocycles. The standard InChI is InChI=1S/C8H12O2.Ru/c1-3-5-6-7-8(9)10-4-2;/h3,5-7H,4H2,1-2H3;. The van der Waals surface area contributed by atoms with Crippen LogP contribution in [0.25, 0.3) is 0 Å². The second-order valence-electron chi connectivity index (χ2n) is 1.64. The number of hydrogen-bond acceptors (Lipinski definition) is 2. The molecular formula is C8H12O2Ru. The Morgan fingerprint density at radius 2 is 2.09 bits per heavy atom. The van der Waals surface area contributed by atoms with Crippen LogP contribution in [0.2, 0.25) is 0 Å². The number of carbonyl (C=O) groups excluding carboxylic acids is 1. The zero-order valence-electron chi connectivity index (χ0n) is 6.69. The molecule has 0 aliphatic carbocycles. The molecule has 0 aromatic rings.